The number of amides is 1. The van der Waals surface area contributed by atoms with Gasteiger partial charge >= 0.3 is 0 Å². The summed E-state index contributed by atoms with van der Waals surface area (Å²) < 4.78 is 1.84. The molecule has 0 aliphatic carbocycles. The van der Waals surface area contributed by atoms with Gasteiger partial charge in [-0.25, -0.2) is 4.68 Å². The van der Waals surface area contributed by atoms with E-state index in [1.807, 2.05) is 22.9 Å². The van der Waals surface area contributed by atoms with Crippen LogP contribution in [0.15, 0.2) is 30.5 Å². The van der Waals surface area contributed by atoms with Crippen molar-refractivity contribution < 1.29 is 4.79 Å². The predicted octanol–water partition coefficient (Wildman–Crippen LogP) is 2.84. The van der Waals surface area contributed by atoms with E-state index in [-0.39, 0.29) is 5.91 Å². The number of anilines is 2. The van der Waals surface area contributed by atoms with Crippen LogP contribution in [0, 0.1) is 0 Å². The highest BCUT2D eigenvalue weighted by Crippen LogP contribution is 2.28. The maximum atomic E-state index is 12.8. The lowest BCUT2D eigenvalue weighted by Crippen LogP contribution is -2.29. The number of benzene rings is 1. The summed E-state index contributed by atoms with van der Waals surface area (Å²) in [5, 5.41) is 14.7. The fourth-order valence-electron chi connectivity index (χ4n) is 3.98. The Balaban J connectivity index is 1.47. The zero-order valence-corrected chi connectivity index (χ0v) is 15.7. The van der Waals surface area contributed by atoms with Crippen LogP contribution in [0.2, 0.25) is 0 Å². The summed E-state index contributed by atoms with van der Waals surface area (Å²) in [6.45, 7) is 4.04. The Labute approximate surface area is 160 Å². The molecule has 2 aliphatic rings. The summed E-state index contributed by atoms with van der Waals surface area (Å²) in [4.78, 5) is 15.1. The quantitative estimate of drug-likeness (QED) is 0.868. The second kappa shape index (κ2) is 8.52. The van der Waals surface area contributed by atoms with Crippen molar-refractivity contribution >= 4 is 17.3 Å². The minimum absolute atomic E-state index is 0.197. The van der Waals surface area contributed by atoms with Gasteiger partial charge in [-0.3, -0.25) is 4.79 Å². The Morgan fingerprint density at radius 2 is 1.81 bits per heavy atom. The lowest BCUT2D eigenvalue weighted by molar-refractivity contribution is 0.102. The molecule has 4 rings (SSSR count). The lowest BCUT2D eigenvalue weighted by atomic mass is 10.1. The van der Waals surface area contributed by atoms with Crippen LogP contribution >= 0.6 is 0 Å². The lowest BCUT2D eigenvalue weighted by Gasteiger charge is -2.25. The molecule has 0 atom stereocenters. The fourth-order valence-corrected chi connectivity index (χ4v) is 3.98. The minimum atomic E-state index is -0.197. The summed E-state index contributed by atoms with van der Waals surface area (Å²) in [7, 11) is 0. The normalized spacial score (nSPS) is 18.9. The molecule has 2 aliphatic heterocycles. The number of nitrogens with zero attached hydrogens (tertiary/aromatic N) is 4. The number of carbonyl (C=O) groups is 1. The van der Waals surface area contributed by atoms with Crippen LogP contribution in [0.3, 0.4) is 0 Å². The molecule has 0 bridgehead atoms. The van der Waals surface area contributed by atoms with Crippen molar-refractivity contribution in [3.8, 4) is 0 Å². The van der Waals surface area contributed by atoms with Crippen molar-refractivity contribution in [1.82, 2.24) is 20.3 Å². The van der Waals surface area contributed by atoms with Gasteiger partial charge in [0.15, 0.2) is 5.69 Å². The van der Waals surface area contributed by atoms with E-state index in [2.05, 4.69) is 31.9 Å². The Morgan fingerprint density at radius 1 is 1.07 bits per heavy atom. The van der Waals surface area contributed by atoms with Gasteiger partial charge in [0.1, 0.15) is 0 Å². The topological polar surface area (TPSA) is 75.1 Å². The second-order valence-electron chi connectivity index (χ2n) is 7.44. The van der Waals surface area contributed by atoms with E-state index in [1.54, 1.807) is 6.20 Å². The van der Waals surface area contributed by atoms with Crippen molar-refractivity contribution in [2.75, 3.05) is 36.4 Å². The Kier molecular flexibility index (Phi) is 5.67. The van der Waals surface area contributed by atoms with Crippen LogP contribution in [-0.4, -0.2) is 47.1 Å². The largest absolute Gasteiger partial charge is 0.370 e. The molecule has 3 heterocycles. The predicted molar refractivity (Wildman–Crippen MR) is 106 cm³/mol. The number of hydrogen-bond acceptors (Lipinski definition) is 5. The summed E-state index contributed by atoms with van der Waals surface area (Å²) in [5.74, 6) is -0.197. The van der Waals surface area contributed by atoms with Crippen LogP contribution in [0.4, 0.5) is 11.4 Å². The van der Waals surface area contributed by atoms with Gasteiger partial charge in [-0.05, 0) is 50.9 Å². The molecule has 2 saturated heterocycles. The molecule has 1 aromatic heterocycles. The second-order valence-corrected chi connectivity index (χ2v) is 7.44. The first kappa shape index (κ1) is 18.0. The Morgan fingerprint density at radius 3 is 2.59 bits per heavy atom. The molecule has 0 spiro atoms. The van der Waals surface area contributed by atoms with E-state index in [0.29, 0.717) is 11.7 Å². The summed E-state index contributed by atoms with van der Waals surface area (Å²) in [5.41, 5.74) is 2.32. The van der Waals surface area contributed by atoms with E-state index in [0.717, 1.165) is 50.4 Å². The van der Waals surface area contributed by atoms with Gasteiger partial charge in [0.25, 0.3) is 5.91 Å². The number of para-hydroxylation sites is 2. The summed E-state index contributed by atoms with van der Waals surface area (Å²) in [6.07, 6.45) is 8.78. The number of nitrogens with one attached hydrogen (secondary N) is 2. The van der Waals surface area contributed by atoms with Gasteiger partial charge in [0.2, 0.25) is 0 Å². The standard InChI is InChI=1S/C20H28N6O/c27-20(18-15-26(24-23-18)16-9-11-21-12-10-16)22-17-7-3-4-8-19(17)25-13-5-1-2-6-14-25/h3-4,7-8,15-16,21H,1-2,5-6,9-14H2,(H,22,27). The number of rotatable bonds is 4. The molecule has 0 saturated carbocycles. The average Bonchev–Trinajstić information content (AvgIpc) is 3.06. The van der Waals surface area contributed by atoms with Crippen LogP contribution in [0.25, 0.3) is 0 Å². The molecule has 2 N–H and O–H groups in total. The van der Waals surface area contributed by atoms with E-state index >= 15 is 0 Å². The molecular weight excluding hydrogens is 340 g/mol. The van der Waals surface area contributed by atoms with Gasteiger partial charge in [0.05, 0.1) is 23.6 Å². The Hall–Kier alpha value is -2.41. The smallest absolute Gasteiger partial charge is 0.277 e. The van der Waals surface area contributed by atoms with Gasteiger partial charge in [-0.1, -0.05) is 30.2 Å². The zero-order valence-electron chi connectivity index (χ0n) is 15.7. The molecule has 7 heteroatoms. The molecule has 27 heavy (non-hydrogen) atoms. The van der Waals surface area contributed by atoms with E-state index in [4.69, 9.17) is 0 Å². The Bertz CT molecular complexity index is 759. The molecule has 0 unspecified atom stereocenters. The monoisotopic (exact) mass is 368 g/mol. The SMILES string of the molecule is O=C(Nc1ccccc1N1CCCCCC1)c1cn(C2CCNCC2)nn1. The van der Waals surface area contributed by atoms with Crippen LogP contribution in [-0.2, 0) is 0 Å². The van der Waals surface area contributed by atoms with Crippen molar-refractivity contribution in [1.29, 1.82) is 0 Å². The first-order valence-electron chi connectivity index (χ1n) is 10.1. The number of aromatic nitrogens is 3. The van der Waals surface area contributed by atoms with Crippen LogP contribution < -0.4 is 15.5 Å². The highest BCUT2D eigenvalue weighted by molar-refractivity contribution is 6.04. The maximum absolute atomic E-state index is 12.8. The molecular formula is C20H28N6O. The zero-order chi connectivity index (χ0) is 18.5. The minimum Gasteiger partial charge on any atom is -0.370 e. The van der Waals surface area contributed by atoms with Crippen molar-refractivity contribution in [2.24, 2.45) is 0 Å². The fraction of sp³-hybridized carbons (Fsp3) is 0.550. The van der Waals surface area contributed by atoms with Crippen molar-refractivity contribution in [3.63, 3.8) is 0 Å². The molecule has 2 aromatic rings. The van der Waals surface area contributed by atoms with E-state index in [1.165, 1.54) is 25.7 Å². The number of piperidine rings is 1. The maximum Gasteiger partial charge on any atom is 0.277 e. The van der Waals surface area contributed by atoms with Gasteiger partial charge in [0, 0.05) is 13.1 Å². The van der Waals surface area contributed by atoms with Gasteiger partial charge in [-0.15, -0.1) is 5.10 Å². The van der Waals surface area contributed by atoms with E-state index in [9.17, 15) is 4.79 Å². The summed E-state index contributed by atoms with van der Waals surface area (Å²) >= 11 is 0. The van der Waals surface area contributed by atoms with Crippen molar-refractivity contribution in [2.45, 2.75) is 44.6 Å². The first-order valence-corrected chi connectivity index (χ1v) is 10.1. The molecule has 7 nitrogen and oxygen atoms in total. The highest BCUT2D eigenvalue weighted by Gasteiger charge is 2.20. The molecule has 144 valence electrons. The van der Waals surface area contributed by atoms with Crippen molar-refractivity contribution in [3.05, 3.63) is 36.2 Å². The molecule has 2 fully saturated rings. The van der Waals surface area contributed by atoms with Crippen LogP contribution in [0.5, 0.6) is 0 Å². The third-order valence-electron chi connectivity index (χ3n) is 5.52. The highest BCUT2D eigenvalue weighted by atomic mass is 16.2. The first-order chi connectivity index (χ1) is 13.3. The number of hydrogen-bond donors (Lipinski definition) is 2. The third-order valence-corrected chi connectivity index (χ3v) is 5.52. The molecule has 1 amide bonds. The molecule has 0 radical (unpaired) electrons. The van der Waals surface area contributed by atoms with Crippen LogP contribution in [0.1, 0.15) is 55.1 Å². The van der Waals surface area contributed by atoms with Gasteiger partial charge in [-0.2, -0.15) is 0 Å². The van der Waals surface area contributed by atoms with E-state index < -0.39 is 0 Å². The molecule has 1 aromatic carbocycles. The third kappa shape index (κ3) is 4.30. The summed E-state index contributed by atoms with van der Waals surface area (Å²) in [6, 6.07) is 8.37. The average molecular weight is 368 g/mol. The van der Waals surface area contributed by atoms with Gasteiger partial charge < -0.3 is 15.5 Å². The number of carbonyl (C=O) groups excluding carboxylic acids is 1.